The molecule has 0 fully saturated rings. The van der Waals surface area contributed by atoms with Crippen LogP contribution in [0.15, 0.2) is 18.2 Å². The average molecular weight is 299 g/mol. The van der Waals surface area contributed by atoms with E-state index >= 15 is 0 Å². The van der Waals surface area contributed by atoms with Gasteiger partial charge in [-0.15, -0.1) is 0 Å². The molecule has 1 N–H and O–H groups in total. The molecular formula is C14H25N3O2S. The lowest BCUT2D eigenvalue weighted by Gasteiger charge is -2.25. The zero-order chi connectivity index (χ0) is 15.3. The van der Waals surface area contributed by atoms with Gasteiger partial charge in [-0.2, -0.15) is 0 Å². The summed E-state index contributed by atoms with van der Waals surface area (Å²) >= 11 is 0. The normalized spacial score (nSPS) is 11.4. The molecule has 0 aliphatic carbocycles. The first-order valence-electron chi connectivity index (χ1n) is 6.72. The summed E-state index contributed by atoms with van der Waals surface area (Å²) in [6.45, 7) is 6.06. The number of aryl methyl sites for hydroxylation is 1. The standard InChI is InChI=1S/C14H25N3O2S/c1-6-17(10-9-15-20(5,18)19)13-7-8-14(16(3)4)12(2)11-13/h7-8,11,15H,6,9-10H2,1-5H3. The molecule has 6 heteroatoms. The third-order valence-corrected chi connectivity index (χ3v) is 3.88. The van der Waals surface area contributed by atoms with Crippen LogP contribution in [-0.2, 0) is 10.0 Å². The lowest BCUT2D eigenvalue weighted by atomic mass is 10.1. The van der Waals surface area contributed by atoms with Gasteiger partial charge in [-0.3, -0.25) is 0 Å². The highest BCUT2D eigenvalue weighted by Gasteiger charge is 2.08. The summed E-state index contributed by atoms with van der Waals surface area (Å²) in [4.78, 5) is 4.24. The molecule has 0 heterocycles. The molecular weight excluding hydrogens is 274 g/mol. The van der Waals surface area contributed by atoms with Crippen molar-refractivity contribution in [2.24, 2.45) is 0 Å². The summed E-state index contributed by atoms with van der Waals surface area (Å²) in [5, 5.41) is 0. The molecule has 0 spiro atoms. The molecule has 0 unspecified atom stereocenters. The zero-order valence-corrected chi connectivity index (χ0v) is 13.8. The minimum absolute atomic E-state index is 0.418. The number of hydrogen-bond donors (Lipinski definition) is 1. The molecule has 1 rings (SSSR count). The number of likely N-dealkylation sites (N-methyl/N-ethyl adjacent to an activating group) is 1. The van der Waals surface area contributed by atoms with Crippen LogP contribution >= 0.6 is 0 Å². The van der Waals surface area contributed by atoms with Gasteiger partial charge < -0.3 is 9.80 Å². The van der Waals surface area contributed by atoms with E-state index in [1.165, 1.54) is 17.5 Å². The maximum atomic E-state index is 11.1. The average Bonchev–Trinajstić information content (AvgIpc) is 2.32. The topological polar surface area (TPSA) is 52.7 Å². The van der Waals surface area contributed by atoms with E-state index in [0.29, 0.717) is 13.1 Å². The molecule has 0 bridgehead atoms. The molecule has 0 amide bonds. The van der Waals surface area contributed by atoms with Crippen LogP contribution in [-0.4, -0.2) is 48.4 Å². The summed E-state index contributed by atoms with van der Waals surface area (Å²) in [6.07, 6.45) is 1.18. The molecule has 114 valence electrons. The lowest BCUT2D eigenvalue weighted by molar-refractivity contribution is 0.587. The molecule has 20 heavy (non-hydrogen) atoms. The van der Waals surface area contributed by atoms with Gasteiger partial charge in [0, 0.05) is 45.1 Å². The van der Waals surface area contributed by atoms with Crippen LogP contribution in [0.3, 0.4) is 0 Å². The van der Waals surface area contributed by atoms with E-state index in [2.05, 4.69) is 46.6 Å². The van der Waals surface area contributed by atoms with Crippen molar-refractivity contribution in [1.82, 2.24) is 4.72 Å². The number of nitrogens with one attached hydrogen (secondary N) is 1. The molecule has 1 aromatic rings. The van der Waals surface area contributed by atoms with Gasteiger partial charge in [0.15, 0.2) is 0 Å². The highest BCUT2D eigenvalue weighted by molar-refractivity contribution is 7.88. The highest BCUT2D eigenvalue weighted by atomic mass is 32.2. The van der Waals surface area contributed by atoms with Crippen molar-refractivity contribution in [3.8, 4) is 0 Å². The van der Waals surface area contributed by atoms with E-state index in [0.717, 1.165) is 12.2 Å². The quantitative estimate of drug-likeness (QED) is 0.828. The molecule has 0 aliphatic rings. The van der Waals surface area contributed by atoms with Crippen LogP contribution < -0.4 is 14.5 Å². The second kappa shape index (κ2) is 6.95. The van der Waals surface area contributed by atoms with E-state index in [1.54, 1.807) is 0 Å². The minimum atomic E-state index is -3.12. The van der Waals surface area contributed by atoms with Crippen molar-refractivity contribution in [3.05, 3.63) is 23.8 Å². The maximum Gasteiger partial charge on any atom is 0.208 e. The van der Waals surface area contributed by atoms with Gasteiger partial charge in [-0.1, -0.05) is 0 Å². The van der Waals surface area contributed by atoms with Crippen LogP contribution in [0.2, 0.25) is 0 Å². The Morgan fingerprint density at radius 3 is 2.35 bits per heavy atom. The van der Waals surface area contributed by atoms with E-state index in [-0.39, 0.29) is 0 Å². The number of nitrogens with zero attached hydrogens (tertiary/aromatic N) is 2. The Labute approximate surface area is 122 Å². The van der Waals surface area contributed by atoms with Crippen LogP contribution in [0.5, 0.6) is 0 Å². The van der Waals surface area contributed by atoms with Crippen molar-refractivity contribution in [1.29, 1.82) is 0 Å². The first-order chi connectivity index (χ1) is 9.24. The van der Waals surface area contributed by atoms with Gasteiger partial charge in [0.2, 0.25) is 10.0 Å². The molecule has 0 atom stereocenters. The second-order valence-electron chi connectivity index (χ2n) is 5.11. The third-order valence-electron chi connectivity index (χ3n) is 3.16. The predicted molar refractivity (Wildman–Crippen MR) is 86.2 cm³/mol. The predicted octanol–water partition coefficient (Wildman–Crippen LogP) is 1.44. The maximum absolute atomic E-state index is 11.1. The van der Waals surface area contributed by atoms with E-state index in [1.807, 2.05) is 14.1 Å². The number of anilines is 2. The number of sulfonamides is 1. The number of rotatable bonds is 7. The Morgan fingerprint density at radius 2 is 1.90 bits per heavy atom. The van der Waals surface area contributed by atoms with Crippen molar-refractivity contribution in [2.45, 2.75) is 13.8 Å². The first kappa shape index (κ1) is 16.8. The summed E-state index contributed by atoms with van der Waals surface area (Å²) in [5.74, 6) is 0. The van der Waals surface area contributed by atoms with Crippen molar-refractivity contribution >= 4 is 21.4 Å². The Bertz CT molecular complexity index is 541. The van der Waals surface area contributed by atoms with Crippen LogP contribution in [0.25, 0.3) is 0 Å². The summed E-state index contributed by atoms with van der Waals surface area (Å²) in [7, 11) is 0.927. The molecule has 5 nitrogen and oxygen atoms in total. The van der Waals surface area contributed by atoms with E-state index in [9.17, 15) is 8.42 Å². The van der Waals surface area contributed by atoms with Crippen molar-refractivity contribution in [3.63, 3.8) is 0 Å². The summed E-state index contributed by atoms with van der Waals surface area (Å²) in [5.41, 5.74) is 3.52. The minimum Gasteiger partial charge on any atom is -0.377 e. The van der Waals surface area contributed by atoms with Gasteiger partial charge in [0.1, 0.15) is 0 Å². The fourth-order valence-corrected chi connectivity index (χ4v) is 2.64. The van der Waals surface area contributed by atoms with E-state index < -0.39 is 10.0 Å². The van der Waals surface area contributed by atoms with Crippen LogP contribution in [0, 0.1) is 6.92 Å². The summed E-state index contributed by atoms with van der Waals surface area (Å²) in [6, 6.07) is 6.31. The Balaban J connectivity index is 2.77. The molecule has 0 saturated heterocycles. The van der Waals surface area contributed by atoms with E-state index in [4.69, 9.17) is 0 Å². The first-order valence-corrected chi connectivity index (χ1v) is 8.61. The smallest absolute Gasteiger partial charge is 0.208 e. The molecule has 0 radical (unpaired) electrons. The fraction of sp³-hybridized carbons (Fsp3) is 0.571. The van der Waals surface area contributed by atoms with Crippen molar-refractivity contribution < 1.29 is 8.42 Å². The van der Waals surface area contributed by atoms with Gasteiger partial charge in [0.25, 0.3) is 0 Å². The fourth-order valence-electron chi connectivity index (χ4n) is 2.17. The van der Waals surface area contributed by atoms with Crippen LogP contribution in [0.4, 0.5) is 11.4 Å². The number of benzene rings is 1. The van der Waals surface area contributed by atoms with Crippen LogP contribution in [0.1, 0.15) is 12.5 Å². The monoisotopic (exact) mass is 299 g/mol. The molecule has 0 aromatic heterocycles. The second-order valence-corrected chi connectivity index (χ2v) is 6.94. The zero-order valence-electron chi connectivity index (χ0n) is 13.0. The molecule has 0 saturated carbocycles. The SMILES string of the molecule is CCN(CCNS(C)(=O)=O)c1ccc(N(C)C)c(C)c1. The van der Waals surface area contributed by atoms with Gasteiger partial charge in [0.05, 0.1) is 6.26 Å². The Hall–Kier alpha value is -1.27. The van der Waals surface area contributed by atoms with Gasteiger partial charge in [-0.25, -0.2) is 13.1 Å². The number of hydrogen-bond acceptors (Lipinski definition) is 4. The summed E-state index contributed by atoms with van der Waals surface area (Å²) < 4.78 is 24.7. The van der Waals surface area contributed by atoms with Gasteiger partial charge >= 0.3 is 0 Å². The Morgan fingerprint density at radius 1 is 1.25 bits per heavy atom. The highest BCUT2D eigenvalue weighted by Crippen LogP contribution is 2.24. The third kappa shape index (κ3) is 5.02. The molecule has 0 aliphatic heterocycles. The Kier molecular flexibility index (Phi) is 5.83. The molecule has 1 aromatic carbocycles. The lowest BCUT2D eigenvalue weighted by Crippen LogP contribution is -2.34. The largest absolute Gasteiger partial charge is 0.377 e. The van der Waals surface area contributed by atoms with Gasteiger partial charge in [-0.05, 0) is 37.6 Å². The van der Waals surface area contributed by atoms with Crippen molar-refractivity contribution in [2.75, 3.05) is 49.8 Å².